The maximum absolute atomic E-state index is 13.2. The Labute approximate surface area is 182 Å². The number of hydrogen-bond donors (Lipinski definition) is 1. The summed E-state index contributed by atoms with van der Waals surface area (Å²) in [5.74, 6) is -0.217. The molecule has 2 aromatic rings. The molecule has 2 amide bonds. The Morgan fingerprint density at radius 2 is 1.72 bits per heavy atom. The lowest BCUT2D eigenvalue weighted by molar-refractivity contribution is -0.140. The molecule has 0 aliphatic carbocycles. The van der Waals surface area contributed by atoms with Crippen LogP contribution in [0.4, 0.5) is 0 Å². The van der Waals surface area contributed by atoms with E-state index in [2.05, 4.69) is 28.2 Å². The van der Waals surface area contributed by atoms with Gasteiger partial charge in [0, 0.05) is 16.6 Å². The lowest BCUT2D eigenvalue weighted by atomic mass is 10.0. The molecule has 0 spiro atoms. The predicted octanol–water partition coefficient (Wildman–Crippen LogP) is 4.94. The Kier molecular flexibility index (Phi) is 7.64. The summed E-state index contributed by atoms with van der Waals surface area (Å²) in [5.41, 5.74) is 3.94. The zero-order valence-electron chi connectivity index (χ0n) is 18.2. The molecule has 1 atom stereocenters. The summed E-state index contributed by atoms with van der Waals surface area (Å²) < 4.78 is 0.948. The highest BCUT2D eigenvalue weighted by molar-refractivity contribution is 9.10. The number of nitrogens with zero attached hydrogens (tertiary/aromatic N) is 1. The lowest BCUT2D eigenvalue weighted by Gasteiger charge is -2.31. The van der Waals surface area contributed by atoms with Gasteiger partial charge in [0.1, 0.15) is 6.04 Å². The van der Waals surface area contributed by atoms with Crippen molar-refractivity contribution in [3.8, 4) is 0 Å². The SMILES string of the molecule is Cc1ccc(CC(=O)N(Cc2cccc(Br)c2)[C@@H](C)C(=O)NC(C)(C)C)cc1C. The summed E-state index contributed by atoms with van der Waals surface area (Å²) in [5, 5.41) is 2.99. The first-order valence-electron chi connectivity index (χ1n) is 9.88. The number of hydrogen-bond acceptors (Lipinski definition) is 2. The molecule has 0 aliphatic rings. The Morgan fingerprint density at radius 1 is 1.03 bits per heavy atom. The van der Waals surface area contributed by atoms with Gasteiger partial charge in [0.25, 0.3) is 0 Å². The Bertz CT molecular complexity index is 887. The average molecular weight is 459 g/mol. The lowest BCUT2D eigenvalue weighted by Crippen LogP contribution is -2.52. The van der Waals surface area contributed by atoms with Gasteiger partial charge in [-0.05, 0) is 75.9 Å². The van der Waals surface area contributed by atoms with Crippen LogP contribution in [0.15, 0.2) is 46.9 Å². The summed E-state index contributed by atoms with van der Waals surface area (Å²) in [6.07, 6.45) is 0.266. The highest BCUT2D eigenvalue weighted by atomic mass is 79.9. The fraction of sp³-hybridized carbons (Fsp3) is 0.417. The number of amides is 2. The molecule has 156 valence electrons. The predicted molar refractivity (Wildman–Crippen MR) is 122 cm³/mol. The van der Waals surface area contributed by atoms with Gasteiger partial charge in [-0.2, -0.15) is 0 Å². The number of halogens is 1. The zero-order valence-corrected chi connectivity index (χ0v) is 19.8. The van der Waals surface area contributed by atoms with E-state index in [0.717, 1.165) is 21.2 Å². The first-order valence-corrected chi connectivity index (χ1v) is 10.7. The van der Waals surface area contributed by atoms with Crippen molar-refractivity contribution in [3.05, 3.63) is 69.2 Å². The molecule has 0 unspecified atom stereocenters. The molecule has 29 heavy (non-hydrogen) atoms. The summed E-state index contributed by atoms with van der Waals surface area (Å²) in [4.78, 5) is 27.7. The number of aryl methyl sites for hydroxylation is 2. The second-order valence-electron chi connectivity index (χ2n) is 8.66. The molecule has 2 rings (SSSR count). The van der Waals surface area contributed by atoms with Crippen molar-refractivity contribution in [2.45, 2.75) is 66.1 Å². The first kappa shape index (κ1) is 23.1. The number of benzene rings is 2. The summed E-state index contributed by atoms with van der Waals surface area (Å²) in [6.45, 7) is 12.1. The van der Waals surface area contributed by atoms with Gasteiger partial charge in [0.2, 0.25) is 11.8 Å². The van der Waals surface area contributed by atoms with Crippen molar-refractivity contribution in [1.82, 2.24) is 10.2 Å². The molecular weight excluding hydrogens is 428 g/mol. The minimum Gasteiger partial charge on any atom is -0.350 e. The van der Waals surface area contributed by atoms with Gasteiger partial charge < -0.3 is 10.2 Å². The van der Waals surface area contributed by atoms with Crippen LogP contribution in [-0.2, 0) is 22.6 Å². The first-order chi connectivity index (χ1) is 13.5. The third kappa shape index (κ3) is 7.00. The van der Waals surface area contributed by atoms with Gasteiger partial charge in [0.15, 0.2) is 0 Å². The van der Waals surface area contributed by atoms with Crippen molar-refractivity contribution in [1.29, 1.82) is 0 Å². The number of carbonyl (C=O) groups excluding carboxylic acids is 2. The van der Waals surface area contributed by atoms with Crippen LogP contribution in [0.2, 0.25) is 0 Å². The summed E-state index contributed by atoms with van der Waals surface area (Å²) in [6, 6.07) is 13.3. The minimum absolute atomic E-state index is 0.0650. The minimum atomic E-state index is -0.577. The van der Waals surface area contributed by atoms with Gasteiger partial charge in [-0.1, -0.05) is 46.3 Å². The molecule has 0 radical (unpaired) electrons. The molecular formula is C24H31BrN2O2. The Balaban J connectivity index is 2.27. The number of rotatable bonds is 6. The van der Waals surface area contributed by atoms with E-state index in [1.165, 1.54) is 5.56 Å². The van der Waals surface area contributed by atoms with E-state index in [1.54, 1.807) is 11.8 Å². The van der Waals surface area contributed by atoms with Crippen LogP contribution in [0.1, 0.15) is 49.9 Å². The fourth-order valence-corrected chi connectivity index (χ4v) is 3.52. The molecule has 0 fully saturated rings. The third-order valence-electron chi connectivity index (χ3n) is 4.83. The van der Waals surface area contributed by atoms with Gasteiger partial charge in [-0.15, -0.1) is 0 Å². The smallest absolute Gasteiger partial charge is 0.242 e. The molecule has 0 saturated carbocycles. The maximum atomic E-state index is 13.2. The van der Waals surface area contributed by atoms with Crippen LogP contribution in [0.25, 0.3) is 0 Å². The van der Waals surface area contributed by atoms with Crippen molar-refractivity contribution >= 4 is 27.7 Å². The molecule has 5 heteroatoms. The van der Waals surface area contributed by atoms with Crippen molar-refractivity contribution < 1.29 is 9.59 Å². The molecule has 0 bridgehead atoms. The van der Waals surface area contributed by atoms with Crippen LogP contribution in [0.5, 0.6) is 0 Å². The van der Waals surface area contributed by atoms with Gasteiger partial charge >= 0.3 is 0 Å². The monoisotopic (exact) mass is 458 g/mol. The quantitative estimate of drug-likeness (QED) is 0.665. The fourth-order valence-electron chi connectivity index (χ4n) is 3.08. The van der Waals surface area contributed by atoms with Crippen LogP contribution in [0, 0.1) is 13.8 Å². The van der Waals surface area contributed by atoms with Crippen molar-refractivity contribution in [2.24, 2.45) is 0 Å². The van der Waals surface area contributed by atoms with Crippen molar-refractivity contribution in [2.75, 3.05) is 0 Å². The zero-order chi connectivity index (χ0) is 21.8. The Hall–Kier alpha value is -2.14. The molecule has 4 nitrogen and oxygen atoms in total. The standard InChI is InChI=1S/C24H31BrN2O2/c1-16-10-11-19(12-17(16)2)14-22(28)27(15-20-8-7-9-21(25)13-20)18(3)23(29)26-24(4,5)6/h7-13,18H,14-15H2,1-6H3,(H,26,29)/t18-/m0/s1. The molecule has 0 saturated heterocycles. The average Bonchev–Trinajstić information content (AvgIpc) is 2.60. The third-order valence-corrected chi connectivity index (χ3v) is 5.33. The van der Waals surface area contributed by atoms with Gasteiger partial charge in [-0.3, -0.25) is 9.59 Å². The highest BCUT2D eigenvalue weighted by Crippen LogP contribution is 2.18. The van der Waals surface area contributed by atoms with E-state index in [0.29, 0.717) is 6.54 Å². The van der Waals surface area contributed by atoms with Crippen LogP contribution >= 0.6 is 15.9 Å². The Morgan fingerprint density at radius 3 is 2.31 bits per heavy atom. The number of nitrogens with one attached hydrogen (secondary N) is 1. The maximum Gasteiger partial charge on any atom is 0.242 e. The summed E-state index contributed by atoms with van der Waals surface area (Å²) >= 11 is 3.48. The van der Waals surface area contributed by atoms with E-state index in [4.69, 9.17) is 0 Å². The molecule has 2 aromatic carbocycles. The normalized spacial score (nSPS) is 12.4. The largest absolute Gasteiger partial charge is 0.350 e. The molecule has 0 aliphatic heterocycles. The van der Waals surface area contributed by atoms with E-state index >= 15 is 0 Å². The van der Waals surface area contributed by atoms with Gasteiger partial charge in [-0.25, -0.2) is 0 Å². The van der Waals surface area contributed by atoms with Crippen LogP contribution in [0.3, 0.4) is 0 Å². The molecule has 1 N–H and O–H groups in total. The second-order valence-corrected chi connectivity index (χ2v) is 9.58. The van der Waals surface area contributed by atoms with E-state index in [9.17, 15) is 9.59 Å². The van der Waals surface area contributed by atoms with E-state index in [-0.39, 0.29) is 23.8 Å². The van der Waals surface area contributed by atoms with Gasteiger partial charge in [0.05, 0.1) is 6.42 Å². The summed E-state index contributed by atoms with van der Waals surface area (Å²) in [7, 11) is 0. The van der Waals surface area contributed by atoms with Crippen LogP contribution in [-0.4, -0.2) is 28.3 Å². The van der Waals surface area contributed by atoms with Crippen molar-refractivity contribution in [3.63, 3.8) is 0 Å². The van der Waals surface area contributed by atoms with Crippen LogP contribution < -0.4 is 5.32 Å². The molecule has 0 heterocycles. The van der Waals surface area contributed by atoms with E-state index in [1.807, 2.05) is 70.2 Å². The van der Waals surface area contributed by atoms with E-state index < -0.39 is 6.04 Å². The second kappa shape index (κ2) is 9.57. The topological polar surface area (TPSA) is 49.4 Å². The highest BCUT2D eigenvalue weighted by Gasteiger charge is 2.28. The number of carbonyl (C=O) groups is 2. The molecule has 0 aromatic heterocycles.